The van der Waals surface area contributed by atoms with Crippen molar-refractivity contribution in [3.63, 3.8) is 0 Å². The van der Waals surface area contributed by atoms with Gasteiger partial charge in [-0.05, 0) is 23.8 Å². The van der Waals surface area contributed by atoms with Gasteiger partial charge in [0.2, 0.25) is 5.96 Å². The lowest BCUT2D eigenvalue weighted by Crippen LogP contribution is -2.21. The summed E-state index contributed by atoms with van der Waals surface area (Å²) in [7, 11) is -4.49. The van der Waals surface area contributed by atoms with Gasteiger partial charge in [0, 0.05) is 0 Å². The molecule has 0 spiro atoms. The van der Waals surface area contributed by atoms with Gasteiger partial charge in [0.1, 0.15) is 10.6 Å². The molecule has 0 amide bonds. The first-order valence-corrected chi connectivity index (χ1v) is 5.67. The minimum Gasteiger partial charge on any atom is -0.506 e. The van der Waals surface area contributed by atoms with E-state index in [-0.39, 0.29) is 5.96 Å². The third-order valence-corrected chi connectivity index (χ3v) is 2.52. The van der Waals surface area contributed by atoms with Gasteiger partial charge >= 0.3 is 0 Å². The molecular formula is C8H10N4O4S. The number of nitrogens with two attached hydrogens (primary N) is 2. The van der Waals surface area contributed by atoms with Crippen LogP contribution in [0.2, 0.25) is 0 Å². The molecule has 0 bridgehead atoms. The maximum Gasteiger partial charge on any atom is 0.298 e. The normalized spacial score (nSPS) is 11.6. The highest BCUT2D eigenvalue weighted by molar-refractivity contribution is 7.86. The molecule has 0 saturated carbocycles. The molecule has 0 saturated heterocycles. The van der Waals surface area contributed by atoms with E-state index in [9.17, 15) is 13.5 Å². The Morgan fingerprint density at radius 3 is 2.53 bits per heavy atom. The van der Waals surface area contributed by atoms with Gasteiger partial charge in [-0.3, -0.25) is 4.55 Å². The predicted octanol–water partition coefficient (Wildman–Crippen LogP) is -0.754. The van der Waals surface area contributed by atoms with E-state index in [4.69, 9.17) is 16.0 Å². The van der Waals surface area contributed by atoms with E-state index >= 15 is 0 Å². The Morgan fingerprint density at radius 1 is 1.35 bits per heavy atom. The van der Waals surface area contributed by atoms with Crippen LogP contribution in [0, 0.1) is 0 Å². The van der Waals surface area contributed by atoms with Crippen LogP contribution in [-0.2, 0) is 10.1 Å². The van der Waals surface area contributed by atoms with Gasteiger partial charge < -0.3 is 16.6 Å². The third kappa shape index (κ3) is 3.74. The van der Waals surface area contributed by atoms with E-state index in [0.717, 1.165) is 18.3 Å². The topological polar surface area (TPSA) is 151 Å². The molecule has 0 radical (unpaired) electrons. The number of benzene rings is 1. The Labute approximate surface area is 97.0 Å². The van der Waals surface area contributed by atoms with Crippen molar-refractivity contribution in [3.8, 4) is 5.75 Å². The Hall–Kier alpha value is -2.13. The molecule has 1 rings (SSSR count). The molecule has 92 valence electrons. The first kappa shape index (κ1) is 12.9. The Morgan fingerprint density at radius 2 is 2.00 bits per heavy atom. The summed E-state index contributed by atoms with van der Waals surface area (Å²) in [6.07, 6.45) is 1.16. The minimum atomic E-state index is -4.49. The van der Waals surface area contributed by atoms with Crippen molar-refractivity contribution in [2.24, 2.45) is 21.7 Å². The highest BCUT2D eigenvalue weighted by atomic mass is 32.2. The highest BCUT2D eigenvalue weighted by Gasteiger charge is 2.15. The Kier molecular flexibility index (Phi) is 3.66. The van der Waals surface area contributed by atoms with Gasteiger partial charge in [-0.1, -0.05) is 0 Å². The molecule has 1 aromatic rings. The number of hydrogen-bond acceptors (Lipinski definition) is 5. The quantitative estimate of drug-likeness (QED) is 0.242. The molecule has 1 aromatic carbocycles. The van der Waals surface area contributed by atoms with Crippen molar-refractivity contribution >= 4 is 22.3 Å². The molecule has 0 unspecified atom stereocenters. The van der Waals surface area contributed by atoms with Gasteiger partial charge in [0.25, 0.3) is 10.1 Å². The van der Waals surface area contributed by atoms with Crippen LogP contribution in [0.1, 0.15) is 5.56 Å². The zero-order valence-electron chi connectivity index (χ0n) is 8.48. The van der Waals surface area contributed by atoms with Crippen LogP contribution in [0.15, 0.2) is 33.3 Å². The van der Waals surface area contributed by atoms with E-state index in [1.165, 1.54) is 6.07 Å². The Balaban J connectivity index is 3.14. The fourth-order valence-electron chi connectivity index (χ4n) is 0.980. The summed E-state index contributed by atoms with van der Waals surface area (Å²) >= 11 is 0. The molecule has 0 aromatic heterocycles. The van der Waals surface area contributed by atoms with Crippen molar-refractivity contribution in [2.45, 2.75) is 4.90 Å². The third-order valence-electron chi connectivity index (χ3n) is 1.64. The van der Waals surface area contributed by atoms with Gasteiger partial charge in [-0.2, -0.15) is 13.5 Å². The summed E-state index contributed by atoms with van der Waals surface area (Å²) in [6.45, 7) is 0. The lowest BCUT2D eigenvalue weighted by Gasteiger charge is -2.01. The number of phenolic OH excluding ortho intramolecular Hbond substituents is 1. The molecule has 8 nitrogen and oxygen atoms in total. The van der Waals surface area contributed by atoms with Crippen molar-refractivity contribution in [2.75, 3.05) is 0 Å². The van der Waals surface area contributed by atoms with Crippen LogP contribution in [0.4, 0.5) is 0 Å². The van der Waals surface area contributed by atoms with Gasteiger partial charge in [0.15, 0.2) is 0 Å². The minimum absolute atomic E-state index is 0.255. The number of guanidine groups is 1. The summed E-state index contributed by atoms with van der Waals surface area (Å²) in [5.41, 5.74) is 10.3. The molecular weight excluding hydrogens is 248 g/mol. The zero-order chi connectivity index (χ0) is 13.1. The molecule has 9 heteroatoms. The van der Waals surface area contributed by atoms with Crippen LogP contribution in [0.5, 0.6) is 5.75 Å². The average molecular weight is 258 g/mol. The maximum absolute atomic E-state index is 10.9. The van der Waals surface area contributed by atoms with Crippen LogP contribution in [0.25, 0.3) is 0 Å². The summed E-state index contributed by atoms with van der Waals surface area (Å²) in [5.74, 6) is -0.818. The largest absolute Gasteiger partial charge is 0.506 e. The number of nitrogens with zero attached hydrogens (tertiary/aromatic N) is 2. The molecule has 0 aliphatic carbocycles. The monoisotopic (exact) mass is 258 g/mol. The molecule has 0 fully saturated rings. The second-order valence-corrected chi connectivity index (χ2v) is 4.36. The van der Waals surface area contributed by atoms with Crippen molar-refractivity contribution in [3.05, 3.63) is 23.8 Å². The fourth-order valence-corrected chi connectivity index (χ4v) is 1.60. The van der Waals surface area contributed by atoms with E-state index in [1.807, 2.05) is 0 Å². The second-order valence-electron chi connectivity index (χ2n) is 2.97. The standard InChI is InChI=1S/C8H10N4O4S/c9-8(10)12-11-4-5-1-2-6(13)7(3-5)17(14,15)16/h1-4,13H,(H4,9,10,12)(H,14,15,16). The highest BCUT2D eigenvalue weighted by Crippen LogP contribution is 2.22. The van der Waals surface area contributed by atoms with Gasteiger partial charge in [-0.15, -0.1) is 5.10 Å². The fraction of sp³-hybridized carbons (Fsp3) is 0. The van der Waals surface area contributed by atoms with Gasteiger partial charge in [-0.25, -0.2) is 0 Å². The predicted molar refractivity (Wildman–Crippen MR) is 61.3 cm³/mol. The number of hydrogen-bond donors (Lipinski definition) is 4. The number of rotatable bonds is 3. The van der Waals surface area contributed by atoms with Crippen molar-refractivity contribution < 1.29 is 18.1 Å². The smallest absolute Gasteiger partial charge is 0.298 e. The molecule has 0 aliphatic heterocycles. The zero-order valence-corrected chi connectivity index (χ0v) is 9.29. The van der Waals surface area contributed by atoms with Crippen LogP contribution < -0.4 is 11.5 Å². The number of phenols is 1. The molecule has 0 aliphatic rings. The first-order chi connectivity index (χ1) is 7.80. The second kappa shape index (κ2) is 4.80. The Bertz CT molecular complexity index is 575. The summed E-state index contributed by atoms with van der Waals surface area (Å²) in [5, 5.41) is 16.0. The van der Waals surface area contributed by atoms with Crippen molar-refractivity contribution in [1.29, 1.82) is 0 Å². The summed E-state index contributed by atoms with van der Waals surface area (Å²) in [4.78, 5) is -0.619. The summed E-state index contributed by atoms with van der Waals surface area (Å²) < 4.78 is 30.6. The average Bonchev–Trinajstić information content (AvgIpc) is 2.18. The van der Waals surface area contributed by atoms with Crippen LogP contribution in [-0.4, -0.2) is 30.3 Å². The lowest BCUT2D eigenvalue weighted by molar-refractivity contribution is 0.443. The molecule has 0 heterocycles. The van der Waals surface area contributed by atoms with E-state index in [1.54, 1.807) is 0 Å². The molecule has 6 N–H and O–H groups in total. The summed E-state index contributed by atoms with van der Waals surface area (Å²) in [6, 6.07) is 3.49. The molecule has 0 atom stereocenters. The van der Waals surface area contributed by atoms with E-state index in [0.29, 0.717) is 5.56 Å². The van der Waals surface area contributed by atoms with Crippen LogP contribution >= 0.6 is 0 Å². The SMILES string of the molecule is NC(N)=NN=Cc1ccc(O)c(S(=O)(=O)O)c1. The first-order valence-electron chi connectivity index (χ1n) is 4.23. The van der Waals surface area contributed by atoms with Crippen LogP contribution in [0.3, 0.4) is 0 Å². The molecule has 17 heavy (non-hydrogen) atoms. The van der Waals surface area contributed by atoms with E-state index in [2.05, 4.69) is 10.2 Å². The van der Waals surface area contributed by atoms with E-state index < -0.39 is 20.8 Å². The maximum atomic E-state index is 10.9. The number of aromatic hydroxyl groups is 1. The van der Waals surface area contributed by atoms with Gasteiger partial charge in [0.05, 0.1) is 6.21 Å². The van der Waals surface area contributed by atoms with Crippen molar-refractivity contribution in [1.82, 2.24) is 0 Å². The lowest BCUT2D eigenvalue weighted by atomic mass is 10.2.